The summed E-state index contributed by atoms with van der Waals surface area (Å²) in [5.74, 6) is -0.211. The average molecular weight is 407 g/mol. The van der Waals surface area contributed by atoms with E-state index in [-0.39, 0.29) is 0 Å². The lowest BCUT2D eigenvalue weighted by atomic mass is 9.80. The van der Waals surface area contributed by atoms with Crippen LogP contribution in [0.15, 0.2) is 48.5 Å². The second kappa shape index (κ2) is 6.76. The lowest BCUT2D eigenvalue weighted by molar-refractivity contribution is -0.264. The minimum atomic E-state index is -4.85. The molecule has 0 spiro atoms. The van der Waals surface area contributed by atoms with Gasteiger partial charge in [-0.05, 0) is 55.0 Å². The van der Waals surface area contributed by atoms with Crippen molar-refractivity contribution in [2.24, 2.45) is 0 Å². The minimum Gasteiger partial charge on any atom is -0.496 e. The molecule has 1 aromatic heterocycles. The second-order valence-electron chi connectivity index (χ2n) is 7.89. The molecule has 1 unspecified atom stereocenters. The Bertz CT molecular complexity index is 1010. The topological polar surface area (TPSA) is 45.2 Å². The number of H-pyrrole nitrogens is 1. The number of hydrogen-bond donors (Lipinski definition) is 2. The number of ether oxygens (including phenoxy) is 1. The lowest BCUT2D eigenvalue weighted by Crippen LogP contribution is -2.49. The molecule has 2 N–H and O–H groups in total. The minimum absolute atomic E-state index is 0.299. The van der Waals surface area contributed by atoms with Crippen molar-refractivity contribution in [3.8, 4) is 5.75 Å². The fourth-order valence-electron chi connectivity index (χ4n) is 4.15. The van der Waals surface area contributed by atoms with Gasteiger partial charge in [0.25, 0.3) is 0 Å². The molecule has 154 valence electrons. The maximum Gasteiger partial charge on any atom is 0.417 e. The van der Waals surface area contributed by atoms with Crippen LogP contribution in [0.1, 0.15) is 30.5 Å². The van der Waals surface area contributed by atoms with Crippen LogP contribution in [0.5, 0.6) is 5.75 Å². The highest BCUT2D eigenvalue weighted by Crippen LogP contribution is 2.58. The number of alkyl halides is 3. The highest BCUT2D eigenvalue weighted by Gasteiger charge is 2.61. The van der Waals surface area contributed by atoms with Crippen LogP contribution >= 0.6 is 0 Å². The molecule has 4 rings (SSSR count). The van der Waals surface area contributed by atoms with Gasteiger partial charge in [0.2, 0.25) is 0 Å². The molecule has 3 aromatic rings. The van der Waals surface area contributed by atoms with Crippen molar-refractivity contribution in [1.29, 1.82) is 0 Å². The lowest BCUT2D eigenvalue weighted by Gasteiger charge is -2.34. The zero-order chi connectivity index (χ0) is 20.9. The molecule has 1 aliphatic carbocycles. The summed E-state index contributed by atoms with van der Waals surface area (Å²) in [4.78, 5) is 2.96. The zero-order valence-corrected chi connectivity index (χ0v) is 15.8. The summed E-state index contributed by atoms with van der Waals surface area (Å²) in [5, 5.41) is 11.6. The predicted octanol–water partition coefficient (Wildman–Crippen LogP) is 5.27. The van der Waals surface area contributed by atoms with Crippen LogP contribution in [0.4, 0.5) is 17.6 Å². The van der Waals surface area contributed by atoms with E-state index in [0.29, 0.717) is 35.4 Å². The number of aromatic nitrogens is 1. The van der Waals surface area contributed by atoms with E-state index in [1.165, 1.54) is 25.3 Å². The summed E-state index contributed by atoms with van der Waals surface area (Å²) in [5.41, 5.74) is -2.54. The van der Waals surface area contributed by atoms with Gasteiger partial charge in [-0.25, -0.2) is 4.39 Å². The monoisotopic (exact) mass is 407 g/mol. The van der Waals surface area contributed by atoms with Crippen LogP contribution in [0.25, 0.3) is 10.9 Å². The van der Waals surface area contributed by atoms with Crippen molar-refractivity contribution in [1.82, 2.24) is 4.98 Å². The molecule has 0 radical (unpaired) electrons. The van der Waals surface area contributed by atoms with Crippen LogP contribution in [0, 0.1) is 5.82 Å². The third-order valence-electron chi connectivity index (χ3n) is 5.81. The molecule has 0 bridgehead atoms. The highest BCUT2D eigenvalue weighted by molar-refractivity contribution is 5.80. The van der Waals surface area contributed by atoms with Gasteiger partial charge < -0.3 is 14.8 Å². The van der Waals surface area contributed by atoms with Crippen LogP contribution in [0.2, 0.25) is 0 Å². The largest absolute Gasteiger partial charge is 0.496 e. The summed E-state index contributed by atoms with van der Waals surface area (Å²) in [7, 11) is 1.40. The number of hydrogen-bond acceptors (Lipinski definition) is 2. The molecule has 29 heavy (non-hydrogen) atoms. The maximum atomic E-state index is 14.0. The number of benzene rings is 2. The molecule has 1 aliphatic rings. The summed E-state index contributed by atoms with van der Waals surface area (Å²) >= 11 is 0. The molecule has 0 saturated heterocycles. The number of methoxy groups -OCH3 is 1. The quantitative estimate of drug-likeness (QED) is 0.547. The maximum absolute atomic E-state index is 14.0. The first-order valence-electron chi connectivity index (χ1n) is 9.36. The standard InChI is InChI=1S/C22H21F4NO2/c1-29-19-7-6-15(23)11-17(19)20(8-9-20)13-21(28,22(24,25)26)12-16-10-14-4-2-3-5-18(14)27-16/h2-7,10-11,27-28H,8-9,12-13H2,1H3. The van der Waals surface area contributed by atoms with Gasteiger partial charge in [0.1, 0.15) is 11.6 Å². The van der Waals surface area contributed by atoms with E-state index in [1.807, 2.05) is 0 Å². The smallest absolute Gasteiger partial charge is 0.417 e. The Labute approximate surface area is 165 Å². The van der Waals surface area contributed by atoms with E-state index in [9.17, 15) is 22.7 Å². The molecule has 1 atom stereocenters. The first kappa shape index (κ1) is 19.8. The number of halogens is 4. The van der Waals surface area contributed by atoms with Crippen molar-refractivity contribution < 1.29 is 27.4 Å². The van der Waals surface area contributed by atoms with Crippen LogP contribution in [-0.4, -0.2) is 29.0 Å². The number of rotatable bonds is 6. The first-order chi connectivity index (χ1) is 13.7. The normalized spacial score (nSPS) is 17.9. The van der Waals surface area contributed by atoms with Gasteiger partial charge in [-0.3, -0.25) is 0 Å². The Hall–Kier alpha value is -2.54. The zero-order valence-electron chi connectivity index (χ0n) is 15.8. The van der Waals surface area contributed by atoms with Crippen molar-refractivity contribution in [2.45, 2.75) is 42.9 Å². The first-order valence-corrected chi connectivity index (χ1v) is 9.36. The van der Waals surface area contributed by atoms with Gasteiger partial charge in [-0.15, -0.1) is 0 Å². The van der Waals surface area contributed by atoms with E-state index in [1.54, 1.807) is 30.3 Å². The SMILES string of the molecule is COc1ccc(F)cc1C1(CC(O)(Cc2cc3ccccc3[nH]2)C(F)(F)F)CC1. The molecular weight excluding hydrogens is 386 g/mol. The van der Waals surface area contributed by atoms with E-state index < -0.39 is 35.9 Å². The Balaban J connectivity index is 1.69. The second-order valence-corrected chi connectivity index (χ2v) is 7.89. The van der Waals surface area contributed by atoms with Gasteiger partial charge >= 0.3 is 6.18 Å². The number of aromatic amines is 1. The summed E-state index contributed by atoms with van der Waals surface area (Å²) < 4.78 is 61.1. The Kier molecular flexibility index (Phi) is 4.61. The Morgan fingerprint density at radius 1 is 1.10 bits per heavy atom. The average Bonchev–Trinajstić information content (AvgIpc) is 3.31. The number of nitrogens with one attached hydrogen (secondary N) is 1. The predicted molar refractivity (Wildman–Crippen MR) is 101 cm³/mol. The molecule has 1 heterocycles. The number of fused-ring (bicyclic) bond motifs is 1. The van der Waals surface area contributed by atoms with E-state index in [0.717, 1.165) is 5.39 Å². The van der Waals surface area contributed by atoms with E-state index in [2.05, 4.69) is 4.98 Å². The molecule has 0 amide bonds. The van der Waals surface area contributed by atoms with Gasteiger partial charge in [-0.2, -0.15) is 13.2 Å². The van der Waals surface area contributed by atoms with Gasteiger partial charge in [0.15, 0.2) is 5.60 Å². The molecule has 1 saturated carbocycles. The third-order valence-corrected chi connectivity index (χ3v) is 5.81. The molecular formula is C22H21F4NO2. The van der Waals surface area contributed by atoms with Crippen LogP contribution < -0.4 is 4.74 Å². The summed E-state index contributed by atoms with van der Waals surface area (Å²) in [6, 6.07) is 12.6. The van der Waals surface area contributed by atoms with Crippen molar-refractivity contribution in [2.75, 3.05) is 7.11 Å². The van der Waals surface area contributed by atoms with Gasteiger partial charge in [0.05, 0.1) is 7.11 Å². The van der Waals surface area contributed by atoms with E-state index >= 15 is 0 Å². The molecule has 2 aromatic carbocycles. The third kappa shape index (κ3) is 3.59. The van der Waals surface area contributed by atoms with Crippen LogP contribution in [-0.2, 0) is 11.8 Å². The Morgan fingerprint density at radius 2 is 1.83 bits per heavy atom. The molecule has 1 fully saturated rings. The highest BCUT2D eigenvalue weighted by atomic mass is 19.4. The van der Waals surface area contributed by atoms with Gasteiger partial charge in [0, 0.05) is 28.6 Å². The summed E-state index contributed by atoms with van der Waals surface area (Å²) in [6.45, 7) is 0. The number of aliphatic hydroxyl groups is 1. The van der Waals surface area contributed by atoms with E-state index in [4.69, 9.17) is 4.74 Å². The fourth-order valence-corrected chi connectivity index (χ4v) is 4.15. The number of para-hydroxylation sites is 1. The van der Waals surface area contributed by atoms with Gasteiger partial charge in [-0.1, -0.05) is 18.2 Å². The summed E-state index contributed by atoms with van der Waals surface area (Å²) in [6.07, 6.45) is -5.15. The molecule has 7 heteroatoms. The Morgan fingerprint density at radius 3 is 2.45 bits per heavy atom. The molecule has 3 nitrogen and oxygen atoms in total. The molecule has 0 aliphatic heterocycles. The van der Waals surface area contributed by atoms with Crippen molar-refractivity contribution in [3.05, 3.63) is 65.6 Å². The fraction of sp³-hybridized carbons (Fsp3) is 0.364. The van der Waals surface area contributed by atoms with Crippen LogP contribution in [0.3, 0.4) is 0 Å². The van der Waals surface area contributed by atoms with Crippen molar-refractivity contribution in [3.63, 3.8) is 0 Å². The van der Waals surface area contributed by atoms with Crippen molar-refractivity contribution >= 4 is 10.9 Å².